The molecule has 0 N–H and O–H groups in total. The maximum atomic E-state index is 5.04. The molecule has 0 bridgehead atoms. The molecule has 0 saturated carbocycles. The van der Waals surface area contributed by atoms with Gasteiger partial charge in [0, 0.05) is 0 Å². The number of halogens is 1. The van der Waals surface area contributed by atoms with Crippen LogP contribution in [0.1, 0.15) is 0 Å². The Morgan fingerprint density at radius 1 is 1.22 bits per heavy atom. The lowest BCUT2D eigenvalue weighted by atomic mass is 10.4. The van der Waals surface area contributed by atoms with E-state index < -0.39 is 0 Å². The number of hydrogen-bond acceptors (Lipinski definition) is 1. The highest BCUT2D eigenvalue weighted by Crippen LogP contribution is 1.81. The van der Waals surface area contributed by atoms with Gasteiger partial charge in [-0.05, 0) is 12.1 Å². The Morgan fingerprint density at radius 3 is 2.44 bits per heavy atom. The fourth-order valence-electron chi connectivity index (χ4n) is 0.555. The second-order valence-corrected chi connectivity index (χ2v) is 4.09. The molecule has 2 heteroatoms. The van der Waals surface area contributed by atoms with Gasteiger partial charge < -0.3 is 0 Å². The maximum absolute atomic E-state index is 5.04. The SMILES string of the molecule is CO[I+]c1ccccc1. The van der Waals surface area contributed by atoms with Crippen LogP contribution in [-0.4, -0.2) is 7.11 Å². The highest BCUT2D eigenvalue weighted by Gasteiger charge is 2.08. The van der Waals surface area contributed by atoms with Gasteiger partial charge in [0.25, 0.3) is 0 Å². The van der Waals surface area contributed by atoms with Gasteiger partial charge in [-0.2, -0.15) is 0 Å². The predicted molar refractivity (Wildman–Crippen MR) is 32.1 cm³/mol. The van der Waals surface area contributed by atoms with Gasteiger partial charge in [0.1, 0.15) is 0 Å². The molecule has 1 aromatic carbocycles. The third-order valence-corrected chi connectivity index (χ3v) is 2.57. The summed E-state index contributed by atoms with van der Waals surface area (Å²) in [6.07, 6.45) is 0. The first-order valence-electron chi connectivity index (χ1n) is 2.66. The van der Waals surface area contributed by atoms with Crippen LogP contribution >= 0.6 is 0 Å². The first-order valence-corrected chi connectivity index (χ1v) is 4.62. The van der Waals surface area contributed by atoms with E-state index in [1.807, 2.05) is 18.2 Å². The molecule has 0 heterocycles. The Kier molecular flexibility index (Phi) is 3.00. The van der Waals surface area contributed by atoms with Gasteiger partial charge in [-0.15, -0.1) is 3.07 Å². The highest BCUT2D eigenvalue weighted by atomic mass is 127. The smallest absolute Gasteiger partial charge is 0.145 e. The predicted octanol–water partition coefficient (Wildman–Crippen LogP) is -1.49. The minimum Gasteiger partial charge on any atom is -0.145 e. The minimum atomic E-state index is -0.170. The minimum absolute atomic E-state index is 0.170. The number of hydrogen-bond donors (Lipinski definition) is 0. The van der Waals surface area contributed by atoms with Crippen molar-refractivity contribution in [2.75, 3.05) is 7.11 Å². The molecule has 1 nitrogen and oxygen atoms in total. The molecule has 1 rings (SSSR count). The maximum Gasteiger partial charge on any atom is 0.521 e. The van der Waals surface area contributed by atoms with E-state index in [0.29, 0.717) is 0 Å². The highest BCUT2D eigenvalue weighted by molar-refractivity contribution is 4.98. The molecule has 0 spiro atoms. The van der Waals surface area contributed by atoms with Crippen molar-refractivity contribution in [2.24, 2.45) is 0 Å². The van der Waals surface area contributed by atoms with Crippen molar-refractivity contribution in [3.05, 3.63) is 33.9 Å². The zero-order valence-corrected chi connectivity index (χ0v) is 7.33. The molecule has 48 valence electrons. The molecule has 9 heavy (non-hydrogen) atoms. The van der Waals surface area contributed by atoms with Crippen molar-refractivity contribution in [3.8, 4) is 0 Å². The number of rotatable bonds is 2. The van der Waals surface area contributed by atoms with Crippen LogP contribution in [0.25, 0.3) is 0 Å². The third-order valence-electron chi connectivity index (χ3n) is 0.899. The molecule has 0 amide bonds. The molecule has 0 atom stereocenters. The molecule has 0 aliphatic carbocycles. The van der Waals surface area contributed by atoms with Gasteiger partial charge in [0.15, 0.2) is 0 Å². The topological polar surface area (TPSA) is 9.23 Å². The van der Waals surface area contributed by atoms with E-state index in [4.69, 9.17) is 3.07 Å². The van der Waals surface area contributed by atoms with E-state index in [2.05, 4.69) is 12.1 Å². The van der Waals surface area contributed by atoms with Crippen LogP contribution in [-0.2, 0) is 3.07 Å². The Bertz CT molecular complexity index is 162. The fourth-order valence-corrected chi connectivity index (χ4v) is 1.77. The molecular formula is C7H8IO+. The zero-order chi connectivity index (χ0) is 6.53. The third kappa shape index (κ3) is 2.32. The quantitative estimate of drug-likeness (QED) is 0.567. The molecule has 0 unspecified atom stereocenters. The Balaban J connectivity index is 2.61. The van der Waals surface area contributed by atoms with Crippen molar-refractivity contribution in [2.45, 2.75) is 0 Å². The van der Waals surface area contributed by atoms with Crippen molar-refractivity contribution in [3.63, 3.8) is 0 Å². The monoisotopic (exact) mass is 235 g/mol. The zero-order valence-electron chi connectivity index (χ0n) is 5.17. The Hall–Kier alpha value is -0.0900. The first-order chi connectivity index (χ1) is 4.43. The molecule has 0 aliphatic rings. The summed E-state index contributed by atoms with van der Waals surface area (Å²) in [5.41, 5.74) is 0. The first kappa shape index (κ1) is 7.02. The van der Waals surface area contributed by atoms with E-state index >= 15 is 0 Å². The van der Waals surface area contributed by atoms with Crippen molar-refractivity contribution in [1.29, 1.82) is 0 Å². The van der Waals surface area contributed by atoms with Gasteiger partial charge in [-0.25, -0.2) is 0 Å². The second-order valence-electron chi connectivity index (χ2n) is 1.53. The summed E-state index contributed by atoms with van der Waals surface area (Å²) in [5.74, 6) is 0. The molecule has 1 aromatic rings. The standard InChI is InChI=1S/C7H8IO/c1-9-8-7-5-3-2-4-6-7/h2-6H,1H3/q+1. The van der Waals surface area contributed by atoms with Crippen LogP contribution in [0.15, 0.2) is 30.3 Å². The average molecular weight is 235 g/mol. The van der Waals surface area contributed by atoms with Crippen molar-refractivity contribution in [1.82, 2.24) is 0 Å². The van der Waals surface area contributed by atoms with Crippen LogP contribution < -0.4 is 21.6 Å². The summed E-state index contributed by atoms with van der Waals surface area (Å²) in [5, 5.41) is 0. The summed E-state index contributed by atoms with van der Waals surface area (Å²) in [6, 6.07) is 10.3. The largest absolute Gasteiger partial charge is 0.521 e. The molecule has 0 aliphatic heterocycles. The lowest BCUT2D eigenvalue weighted by Gasteiger charge is -1.77. The van der Waals surface area contributed by atoms with E-state index in [9.17, 15) is 0 Å². The van der Waals surface area contributed by atoms with Crippen LogP contribution in [0, 0.1) is 3.57 Å². The molecule has 0 aromatic heterocycles. The molecule has 0 saturated heterocycles. The summed E-state index contributed by atoms with van der Waals surface area (Å²) < 4.78 is 6.37. The van der Waals surface area contributed by atoms with Gasteiger partial charge in [0.05, 0.1) is 7.11 Å². The van der Waals surface area contributed by atoms with Crippen LogP contribution in [0.2, 0.25) is 0 Å². The molecule has 0 radical (unpaired) electrons. The summed E-state index contributed by atoms with van der Waals surface area (Å²) >= 11 is -0.170. The number of benzene rings is 1. The molecular weight excluding hydrogens is 227 g/mol. The summed E-state index contributed by atoms with van der Waals surface area (Å²) in [7, 11) is 1.75. The lowest BCUT2D eigenvalue weighted by Crippen LogP contribution is -3.61. The van der Waals surface area contributed by atoms with Crippen molar-refractivity contribution >= 4 is 0 Å². The average Bonchev–Trinajstić information content (AvgIpc) is 1.91. The lowest BCUT2D eigenvalue weighted by molar-refractivity contribution is -0.870. The Morgan fingerprint density at radius 2 is 1.89 bits per heavy atom. The Labute approximate surface area is 65.8 Å². The van der Waals surface area contributed by atoms with E-state index in [1.165, 1.54) is 3.57 Å². The normalized spacial score (nSPS) is 9.44. The van der Waals surface area contributed by atoms with Gasteiger partial charge in [0.2, 0.25) is 3.57 Å². The van der Waals surface area contributed by atoms with Crippen LogP contribution in [0.3, 0.4) is 0 Å². The van der Waals surface area contributed by atoms with E-state index in [1.54, 1.807) is 7.11 Å². The van der Waals surface area contributed by atoms with E-state index in [0.717, 1.165) is 0 Å². The fraction of sp³-hybridized carbons (Fsp3) is 0.143. The second kappa shape index (κ2) is 3.85. The van der Waals surface area contributed by atoms with E-state index in [-0.39, 0.29) is 21.6 Å². The molecule has 0 fully saturated rings. The van der Waals surface area contributed by atoms with Gasteiger partial charge in [-0.1, -0.05) is 18.2 Å². The summed E-state index contributed by atoms with van der Waals surface area (Å²) in [6.45, 7) is 0. The van der Waals surface area contributed by atoms with Crippen LogP contribution in [0.5, 0.6) is 0 Å². The van der Waals surface area contributed by atoms with Crippen LogP contribution in [0.4, 0.5) is 0 Å². The van der Waals surface area contributed by atoms with Crippen molar-refractivity contribution < 1.29 is 24.7 Å². The van der Waals surface area contributed by atoms with Gasteiger partial charge in [-0.3, -0.25) is 0 Å². The van der Waals surface area contributed by atoms with Gasteiger partial charge >= 0.3 is 21.6 Å². The summed E-state index contributed by atoms with van der Waals surface area (Å²) in [4.78, 5) is 0.